The van der Waals surface area contributed by atoms with Crippen molar-refractivity contribution >= 4 is 0 Å². The van der Waals surface area contributed by atoms with Crippen LogP contribution < -0.4 is 4.74 Å². The molecule has 91 valence electrons. The molecule has 0 N–H and O–H groups in total. The smallest absolute Gasteiger partial charge is 0.322 e. The lowest BCUT2D eigenvalue weighted by atomic mass is 10.1. The molecule has 0 atom stereocenters. The number of rotatable bonds is 3. The van der Waals surface area contributed by atoms with E-state index in [4.69, 9.17) is 4.74 Å². The predicted molar refractivity (Wildman–Crippen MR) is 72.8 cm³/mol. The zero-order valence-electron chi connectivity index (χ0n) is 10.2. The highest BCUT2D eigenvalue weighted by Gasteiger charge is 2.00. The minimum atomic E-state index is 0.301. The quantitative estimate of drug-likeness (QED) is 0.707. The van der Waals surface area contributed by atoms with Crippen molar-refractivity contribution in [1.82, 2.24) is 9.97 Å². The number of ether oxygens (including phenoxy) is 1. The van der Waals surface area contributed by atoms with Gasteiger partial charge in [-0.05, 0) is 29.3 Å². The molecule has 1 radical (unpaired) electrons. The van der Waals surface area contributed by atoms with Crippen molar-refractivity contribution in [3.63, 3.8) is 0 Å². The van der Waals surface area contributed by atoms with Crippen LogP contribution in [0.25, 0.3) is 11.1 Å². The molecule has 3 aromatic rings. The Morgan fingerprint density at radius 1 is 0.842 bits per heavy atom. The Kier molecular flexibility index (Phi) is 3.19. The second kappa shape index (κ2) is 5.31. The lowest BCUT2D eigenvalue weighted by Gasteiger charge is -2.05. The van der Waals surface area contributed by atoms with Gasteiger partial charge in [0.25, 0.3) is 0 Å². The van der Waals surface area contributed by atoms with E-state index in [1.54, 1.807) is 12.3 Å². The molecule has 3 nitrogen and oxygen atoms in total. The van der Waals surface area contributed by atoms with Crippen LogP contribution in [0.1, 0.15) is 0 Å². The van der Waals surface area contributed by atoms with Crippen molar-refractivity contribution in [1.29, 1.82) is 0 Å². The van der Waals surface area contributed by atoms with Gasteiger partial charge in [-0.15, -0.1) is 0 Å². The fraction of sp³-hybridized carbons (Fsp3) is 0. The molecule has 3 rings (SSSR count). The summed E-state index contributed by atoms with van der Waals surface area (Å²) in [6, 6.07) is 20.0. The third kappa shape index (κ3) is 2.77. The molecule has 2 aromatic carbocycles. The van der Waals surface area contributed by atoms with E-state index in [-0.39, 0.29) is 0 Å². The zero-order valence-corrected chi connectivity index (χ0v) is 10.2. The molecule has 0 fully saturated rings. The molecular weight excluding hydrogens is 236 g/mol. The third-order valence-corrected chi connectivity index (χ3v) is 2.66. The fourth-order valence-electron chi connectivity index (χ4n) is 1.76. The Bertz CT molecular complexity index is 637. The summed E-state index contributed by atoms with van der Waals surface area (Å²) in [5.74, 6) is 0.708. The van der Waals surface area contributed by atoms with E-state index in [2.05, 4.69) is 28.3 Å². The number of aromatic nitrogens is 2. The summed E-state index contributed by atoms with van der Waals surface area (Å²) in [7, 11) is 0. The second-order valence-electron chi connectivity index (χ2n) is 3.96. The van der Waals surface area contributed by atoms with Gasteiger partial charge in [-0.3, -0.25) is 0 Å². The maximum Gasteiger partial charge on any atom is 0.322 e. The van der Waals surface area contributed by atoms with Gasteiger partial charge in [0.15, 0.2) is 0 Å². The first-order valence-corrected chi connectivity index (χ1v) is 5.94. The van der Waals surface area contributed by atoms with E-state index in [0.717, 1.165) is 5.56 Å². The van der Waals surface area contributed by atoms with Crippen LogP contribution in [-0.2, 0) is 0 Å². The van der Waals surface area contributed by atoms with Crippen LogP contribution >= 0.6 is 0 Å². The van der Waals surface area contributed by atoms with Crippen molar-refractivity contribution in [3.8, 4) is 22.9 Å². The highest BCUT2D eigenvalue weighted by Crippen LogP contribution is 2.23. The normalized spacial score (nSPS) is 10.1. The van der Waals surface area contributed by atoms with E-state index in [9.17, 15) is 0 Å². The number of benzene rings is 2. The van der Waals surface area contributed by atoms with Gasteiger partial charge in [0.05, 0.1) is 6.20 Å². The number of nitrogens with zero attached hydrogens (tertiary/aromatic N) is 2. The molecule has 0 aliphatic heterocycles. The summed E-state index contributed by atoms with van der Waals surface area (Å²) >= 11 is 0. The van der Waals surface area contributed by atoms with Crippen LogP contribution in [0.3, 0.4) is 0 Å². The zero-order chi connectivity index (χ0) is 12.9. The molecule has 0 aliphatic carbocycles. The largest absolute Gasteiger partial charge is 0.424 e. The Morgan fingerprint density at radius 3 is 2.26 bits per heavy atom. The van der Waals surface area contributed by atoms with Crippen LogP contribution in [-0.4, -0.2) is 9.97 Å². The second-order valence-corrected chi connectivity index (χ2v) is 3.96. The van der Waals surface area contributed by atoms with Crippen LogP contribution in [0.15, 0.2) is 66.9 Å². The maximum absolute atomic E-state index is 5.52. The summed E-state index contributed by atoms with van der Waals surface area (Å²) in [4.78, 5) is 7.89. The van der Waals surface area contributed by atoms with Crippen LogP contribution in [0, 0.1) is 6.20 Å². The molecular formula is C16H11N2O. The topological polar surface area (TPSA) is 35.0 Å². The van der Waals surface area contributed by atoms with E-state index in [0.29, 0.717) is 11.8 Å². The summed E-state index contributed by atoms with van der Waals surface area (Å²) in [6.07, 6.45) is 4.28. The van der Waals surface area contributed by atoms with Gasteiger partial charge in [-0.2, -0.15) is 4.98 Å². The monoisotopic (exact) mass is 247 g/mol. The first kappa shape index (κ1) is 11.4. The molecule has 0 amide bonds. The first-order chi connectivity index (χ1) is 9.42. The van der Waals surface area contributed by atoms with E-state index >= 15 is 0 Å². The Morgan fingerprint density at radius 2 is 1.58 bits per heavy atom. The Labute approximate surface area is 111 Å². The van der Waals surface area contributed by atoms with Crippen molar-refractivity contribution in [2.24, 2.45) is 0 Å². The van der Waals surface area contributed by atoms with Gasteiger partial charge in [-0.25, -0.2) is 4.98 Å². The standard InChI is InChI=1S/C16H11N2O/c1-2-5-13(6-3-1)14-7-9-15(10-8-14)19-16-17-11-4-12-18-16/h1-11H. The summed E-state index contributed by atoms with van der Waals surface area (Å²) < 4.78 is 5.52. The summed E-state index contributed by atoms with van der Waals surface area (Å²) in [5, 5.41) is 0. The lowest BCUT2D eigenvalue weighted by Crippen LogP contribution is -1.90. The summed E-state index contributed by atoms with van der Waals surface area (Å²) in [6.45, 7) is 0. The van der Waals surface area contributed by atoms with Crippen molar-refractivity contribution in [2.75, 3.05) is 0 Å². The van der Waals surface area contributed by atoms with E-state index in [1.165, 1.54) is 5.56 Å². The minimum absolute atomic E-state index is 0.301. The molecule has 3 heteroatoms. The van der Waals surface area contributed by atoms with E-state index < -0.39 is 0 Å². The molecule has 0 unspecified atom stereocenters. The minimum Gasteiger partial charge on any atom is -0.424 e. The molecule has 0 bridgehead atoms. The number of hydrogen-bond donors (Lipinski definition) is 0. The molecule has 1 aromatic heterocycles. The SMILES string of the molecule is [c]1ccnc(Oc2ccc(-c3ccccc3)cc2)n1. The van der Waals surface area contributed by atoms with Gasteiger partial charge in [0.1, 0.15) is 5.75 Å². The average molecular weight is 247 g/mol. The van der Waals surface area contributed by atoms with Crippen LogP contribution in [0.5, 0.6) is 11.8 Å². The van der Waals surface area contributed by atoms with Gasteiger partial charge in [0, 0.05) is 6.20 Å². The van der Waals surface area contributed by atoms with Gasteiger partial charge in [-0.1, -0.05) is 42.5 Å². The number of hydrogen-bond acceptors (Lipinski definition) is 3. The third-order valence-electron chi connectivity index (χ3n) is 2.66. The van der Waals surface area contributed by atoms with Crippen molar-refractivity contribution in [3.05, 3.63) is 73.1 Å². The van der Waals surface area contributed by atoms with Gasteiger partial charge < -0.3 is 4.74 Å². The molecule has 0 aliphatic rings. The molecule has 0 saturated carbocycles. The van der Waals surface area contributed by atoms with Crippen molar-refractivity contribution in [2.45, 2.75) is 0 Å². The Balaban J connectivity index is 1.80. The molecule has 0 spiro atoms. The highest BCUT2D eigenvalue weighted by atomic mass is 16.5. The van der Waals surface area contributed by atoms with E-state index in [1.807, 2.05) is 42.5 Å². The lowest BCUT2D eigenvalue weighted by molar-refractivity contribution is 0.441. The van der Waals surface area contributed by atoms with Crippen LogP contribution in [0.4, 0.5) is 0 Å². The molecule has 19 heavy (non-hydrogen) atoms. The van der Waals surface area contributed by atoms with Gasteiger partial charge in [0.2, 0.25) is 0 Å². The maximum atomic E-state index is 5.52. The average Bonchev–Trinajstić information content (AvgIpc) is 2.50. The Hall–Kier alpha value is -2.68. The van der Waals surface area contributed by atoms with Gasteiger partial charge >= 0.3 is 6.01 Å². The summed E-state index contributed by atoms with van der Waals surface area (Å²) in [5.41, 5.74) is 2.33. The first-order valence-electron chi connectivity index (χ1n) is 5.94. The predicted octanol–water partition coefficient (Wildman–Crippen LogP) is 3.74. The molecule has 1 heterocycles. The highest BCUT2D eigenvalue weighted by molar-refractivity contribution is 5.63. The fourth-order valence-corrected chi connectivity index (χ4v) is 1.76. The molecule has 0 saturated heterocycles. The van der Waals surface area contributed by atoms with Crippen LogP contribution in [0.2, 0.25) is 0 Å². The van der Waals surface area contributed by atoms with Crippen molar-refractivity contribution < 1.29 is 4.74 Å².